The minimum Gasteiger partial charge on any atom is -0.357 e. The largest absolute Gasteiger partial charge is 0.401 e. The summed E-state index contributed by atoms with van der Waals surface area (Å²) in [6.07, 6.45) is -0.233. The van der Waals surface area contributed by atoms with Crippen molar-refractivity contribution in [1.82, 2.24) is 20.5 Å². The van der Waals surface area contributed by atoms with Gasteiger partial charge in [0.15, 0.2) is 11.1 Å². The zero-order valence-electron chi connectivity index (χ0n) is 16.3. The Kier molecular flexibility index (Phi) is 7.39. The Morgan fingerprint density at radius 3 is 2.82 bits per heavy atom. The number of nitrogens with one attached hydrogen (secondary N) is 2. The number of alkyl halides is 3. The summed E-state index contributed by atoms with van der Waals surface area (Å²) < 4.78 is 37.6. The number of rotatable bonds is 7. The summed E-state index contributed by atoms with van der Waals surface area (Å²) in [4.78, 5) is 13.1. The van der Waals surface area contributed by atoms with Crippen LogP contribution in [0.15, 0.2) is 10.4 Å². The van der Waals surface area contributed by atoms with Gasteiger partial charge in [-0.15, -0.1) is 11.3 Å². The molecular weight excluding hydrogens is 389 g/mol. The van der Waals surface area contributed by atoms with Crippen molar-refractivity contribution in [2.24, 2.45) is 4.99 Å². The average Bonchev–Trinajstić information content (AvgIpc) is 3.35. The highest BCUT2D eigenvalue weighted by molar-refractivity contribution is 7.13. The lowest BCUT2D eigenvalue weighted by Crippen LogP contribution is -2.45. The van der Waals surface area contributed by atoms with Crippen LogP contribution in [0.25, 0.3) is 0 Å². The van der Waals surface area contributed by atoms with Crippen LogP contribution in [0.5, 0.6) is 0 Å². The summed E-state index contributed by atoms with van der Waals surface area (Å²) in [6.45, 7) is 5.45. The van der Waals surface area contributed by atoms with Crippen LogP contribution < -0.4 is 15.5 Å². The van der Waals surface area contributed by atoms with Crippen LogP contribution in [0.4, 0.5) is 18.3 Å². The van der Waals surface area contributed by atoms with Crippen molar-refractivity contribution in [3.8, 4) is 0 Å². The summed E-state index contributed by atoms with van der Waals surface area (Å²) in [5.41, 5.74) is 1.05. The molecule has 0 aliphatic carbocycles. The van der Waals surface area contributed by atoms with E-state index in [-0.39, 0.29) is 6.04 Å². The van der Waals surface area contributed by atoms with E-state index in [1.807, 2.05) is 6.92 Å². The van der Waals surface area contributed by atoms with Gasteiger partial charge >= 0.3 is 6.18 Å². The quantitative estimate of drug-likeness (QED) is 0.526. The predicted molar refractivity (Wildman–Crippen MR) is 107 cm³/mol. The molecule has 1 aromatic rings. The van der Waals surface area contributed by atoms with Gasteiger partial charge in [0, 0.05) is 57.1 Å². The summed E-state index contributed by atoms with van der Waals surface area (Å²) in [5.74, 6) is 0.663. The molecule has 0 spiro atoms. The Morgan fingerprint density at radius 1 is 1.32 bits per heavy atom. The number of nitrogens with zero attached hydrogens (tertiary/aromatic N) is 4. The second kappa shape index (κ2) is 9.78. The molecule has 0 saturated carbocycles. The van der Waals surface area contributed by atoms with Crippen molar-refractivity contribution >= 4 is 22.4 Å². The molecule has 3 rings (SSSR count). The number of thiazole rings is 1. The first-order valence-electron chi connectivity index (χ1n) is 9.96. The van der Waals surface area contributed by atoms with Gasteiger partial charge in [0.2, 0.25) is 0 Å². The molecule has 0 bridgehead atoms. The Labute approximate surface area is 168 Å². The number of aromatic nitrogens is 1. The maximum atomic E-state index is 12.5. The summed E-state index contributed by atoms with van der Waals surface area (Å²) in [6, 6.07) is -0.0128. The van der Waals surface area contributed by atoms with Crippen LogP contribution in [-0.4, -0.2) is 73.9 Å². The predicted octanol–water partition coefficient (Wildman–Crippen LogP) is 2.48. The third kappa shape index (κ3) is 6.51. The standard InChI is InChI=1S/C18H29F3N6S/c1-2-22-16(24-14-6-10-26(11-14)13-18(19,20)21)23-7-5-15-12-28-17(25-15)27-8-3-4-9-27/h12,14H,2-11,13H2,1H3,(H2,22,23,24). The number of aliphatic imine (C=N–C) groups is 1. The lowest BCUT2D eigenvalue weighted by Gasteiger charge is -2.19. The Bertz CT molecular complexity index is 642. The van der Waals surface area contributed by atoms with Crippen LogP contribution in [0.2, 0.25) is 0 Å². The zero-order chi connectivity index (χ0) is 20.0. The SMILES string of the molecule is CCNC(=NCCc1csc(N2CCCC2)n1)NC1CCN(CC(F)(F)F)C1. The Balaban J connectivity index is 1.46. The summed E-state index contributed by atoms with van der Waals surface area (Å²) >= 11 is 1.68. The van der Waals surface area contributed by atoms with Gasteiger partial charge in [-0.1, -0.05) is 0 Å². The van der Waals surface area contributed by atoms with Crippen LogP contribution >= 0.6 is 11.3 Å². The van der Waals surface area contributed by atoms with E-state index in [1.54, 1.807) is 11.3 Å². The molecule has 10 heteroatoms. The fourth-order valence-electron chi connectivity index (χ4n) is 3.61. The van der Waals surface area contributed by atoms with Crippen LogP contribution in [0.1, 0.15) is 31.9 Å². The van der Waals surface area contributed by atoms with Gasteiger partial charge in [-0.25, -0.2) is 4.98 Å². The van der Waals surface area contributed by atoms with Gasteiger partial charge in [-0.2, -0.15) is 13.2 Å². The summed E-state index contributed by atoms with van der Waals surface area (Å²) in [7, 11) is 0. The van der Waals surface area contributed by atoms with E-state index in [2.05, 4.69) is 25.9 Å². The molecule has 2 saturated heterocycles. The lowest BCUT2D eigenvalue weighted by molar-refractivity contribution is -0.143. The van der Waals surface area contributed by atoms with Crippen LogP contribution in [0.3, 0.4) is 0 Å². The van der Waals surface area contributed by atoms with Crippen LogP contribution in [0, 0.1) is 0 Å². The molecule has 1 unspecified atom stereocenters. The van der Waals surface area contributed by atoms with Gasteiger partial charge in [0.05, 0.1) is 12.2 Å². The number of hydrogen-bond acceptors (Lipinski definition) is 5. The zero-order valence-corrected chi connectivity index (χ0v) is 17.1. The molecule has 0 aromatic carbocycles. The van der Waals surface area contributed by atoms with Crippen LogP contribution in [-0.2, 0) is 6.42 Å². The number of likely N-dealkylation sites (tertiary alicyclic amines) is 1. The van der Waals surface area contributed by atoms with E-state index in [1.165, 1.54) is 17.7 Å². The van der Waals surface area contributed by atoms with E-state index < -0.39 is 12.7 Å². The van der Waals surface area contributed by atoms with Crippen molar-refractivity contribution in [3.05, 3.63) is 11.1 Å². The molecule has 28 heavy (non-hydrogen) atoms. The third-order valence-corrected chi connectivity index (χ3v) is 5.86. The van der Waals surface area contributed by atoms with Crippen molar-refractivity contribution < 1.29 is 13.2 Å². The normalized spacial score (nSPS) is 21.5. The van der Waals surface area contributed by atoms with Crippen molar-refractivity contribution in [1.29, 1.82) is 0 Å². The second-order valence-corrected chi connectivity index (χ2v) is 8.14. The lowest BCUT2D eigenvalue weighted by atomic mass is 10.3. The molecule has 158 valence electrons. The minimum absolute atomic E-state index is 0.0128. The monoisotopic (exact) mass is 418 g/mol. The number of hydrogen-bond donors (Lipinski definition) is 2. The molecule has 2 fully saturated rings. The topological polar surface area (TPSA) is 55.8 Å². The fourth-order valence-corrected chi connectivity index (χ4v) is 4.52. The van der Waals surface area contributed by atoms with Crippen molar-refractivity contribution in [2.75, 3.05) is 50.7 Å². The second-order valence-electron chi connectivity index (χ2n) is 7.31. The Hall–Kier alpha value is -1.55. The van der Waals surface area contributed by atoms with Crippen molar-refractivity contribution in [2.45, 2.75) is 44.8 Å². The maximum absolute atomic E-state index is 12.5. The highest BCUT2D eigenvalue weighted by atomic mass is 32.1. The minimum atomic E-state index is -4.14. The number of halogens is 3. The molecule has 2 N–H and O–H groups in total. The average molecular weight is 419 g/mol. The van der Waals surface area contributed by atoms with Crippen molar-refractivity contribution in [3.63, 3.8) is 0 Å². The highest BCUT2D eigenvalue weighted by Gasteiger charge is 2.34. The smallest absolute Gasteiger partial charge is 0.357 e. The first-order chi connectivity index (χ1) is 13.4. The van der Waals surface area contributed by atoms with E-state index in [0.717, 1.165) is 30.3 Å². The first-order valence-corrected chi connectivity index (χ1v) is 10.8. The van der Waals surface area contributed by atoms with Gasteiger partial charge in [-0.3, -0.25) is 9.89 Å². The number of anilines is 1. The van der Waals surface area contributed by atoms with E-state index in [4.69, 9.17) is 4.98 Å². The molecule has 0 radical (unpaired) electrons. The third-order valence-electron chi connectivity index (χ3n) is 4.91. The van der Waals surface area contributed by atoms with E-state index >= 15 is 0 Å². The molecule has 1 atom stereocenters. The molecule has 6 nitrogen and oxygen atoms in total. The molecule has 1 aromatic heterocycles. The molecule has 3 heterocycles. The van der Waals surface area contributed by atoms with Gasteiger partial charge < -0.3 is 15.5 Å². The Morgan fingerprint density at radius 2 is 2.11 bits per heavy atom. The molecular formula is C18H29F3N6S. The number of guanidine groups is 1. The van der Waals surface area contributed by atoms with E-state index in [0.29, 0.717) is 38.6 Å². The maximum Gasteiger partial charge on any atom is 0.401 e. The molecule has 2 aliphatic heterocycles. The molecule has 0 amide bonds. The molecule has 2 aliphatic rings. The first kappa shape index (κ1) is 21.2. The van der Waals surface area contributed by atoms with Gasteiger partial charge in [-0.05, 0) is 26.2 Å². The highest BCUT2D eigenvalue weighted by Crippen LogP contribution is 2.24. The summed E-state index contributed by atoms with van der Waals surface area (Å²) in [5, 5.41) is 9.64. The van der Waals surface area contributed by atoms with Gasteiger partial charge in [0.25, 0.3) is 0 Å². The van der Waals surface area contributed by atoms with E-state index in [9.17, 15) is 13.2 Å². The fraction of sp³-hybridized carbons (Fsp3) is 0.778. The van der Waals surface area contributed by atoms with Gasteiger partial charge in [0.1, 0.15) is 0 Å².